The van der Waals surface area contributed by atoms with Gasteiger partial charge in [-0.15, -0.1) is 0 Å². The summed E-state index contributed by atoms with van der Waals surface area (Å²) in [6.07, 6.45) is 0. The second-order valence-corrected chi connectivity index (χ2v) is 11.1. The SMILES string of the molecule is CCOC(P=O)c1c(-c2ccccc2)c(C(C)(C)C)c(O)c(C(C)(C)C)c1-c1ccccc1. The number of benzene rings is 3. The van der Waals surface area contributed by atoms with Gasteiger partial charge in [0.2, 0.25) is 0 Å². The molecule has 0 heterocycles. The van der Waals surface area contributed by atoms with E-state index in [-0.39, 0.29) is 19.3 Å². The largest absolute Gasteiger partial charge is 0.507 e. The Bertz CT molecular complexity index is 1030. The van der Waals surface area contributed by atoms with Crippen molar-refractivity contribution in [3.05, 3.63) is 77.4 Å². The summed E-state index contributed by atoms with van der Waals surface area (Å²) in [5, 5.41) is 11.9. The highest BCUT2D eigenvalue weighted by molar-refractivity contribution is 7.24. The van der Waals surface area contributed by atoms with E-state index in [9.17, 15) is 9.67 Å². The molecule has 0 aromatic heterocycles. The fraction of sp³-hybridized carbons (Fsp3) is 0.379. The maximum absolute atomic E-state index is 12.6. The minimum Gasteiger partial charge on any atom is -0.507 e. The van der Waals surface area contributed by atoms with Crippen LogP contribution in [0.2, 0.25) is 0 Å². The molecule has 33 heavy (non-hydrogen) atoms. The minimum absolute atomic E-state index is 0.113. The molecule has 0 aliphatic carbocycles. The van der Waals surface area contributed by atoms with Crippen LogP contribution in [0.3, 0.4) is 0 Å². The number of hydrogen-bond donors (Lipinski definition) is 1. The molecule has 1 atom stereocenters. The molecule has 1 unspecified atom stereocenters. The highest BCUT2D eigenvalue weighted by Gasteiger charge is 2.37. The van der Waals surface area contributed by atoms with Crippen LogP contribution in [0, 0.1) is 0 Å². The zero-order valence-electron chi connectivity index (χ0n) is 20.8. The van der Waals surface area contributed by atoms with Crippen molar-refractivity contribution in [1.82, 2.24) is 0 Å². The van der Waals surface area contributed by atoms with Crippen molar-refractivity contribution >= 4 is 8.46 Å². The van der Waals surface area contributed by atoms with Crippen molar-refractivity contribution in [2.45, 2.75) is 65.1 Å². The summed E-state index contributed by atoms with van der Waals surface area (Å²) in [4.78, 5) is 0. The normalized spacial score (nSPS) is 13.3. The predicted octanol–water partition coefficient (Wildman–Crippen LogP) is 8.65. The van der Waals surface area contributed by atoms with E-state index in [1.807, 2.05) is 67.6 Å². The predicted molar refractivity (Wildman–Crippen MR) is 138 cm³/mol. The quantitative estimate of drug-likeness (QED) is 0.373. The lowest BCUT2D eigenvalue weighted by atomic mass is 9.70. The first-order chi connectivity index (χ1) is 15.5. The Kier molecular flexibility index (Phi) is 7.46. The van der Waals surface area contributed by atoms with Crippen LogP contribution in [0.1, 0.15) is 71.0 Å². The van der Waals surface area contributed by atoms with Crippen LogP contribution in [0.15, 0.2) is 60.7 Å². The molecular formula is C29H35O3P. The zero-order chi connectivity index (χ0) is 24.4. The Balaban J connectivity index is 2.69. The fourth-order valence-corrected chi connectivity index (χ4v) is 5.17. The second kappa shape index (κ2) is 9.79. The van der Waals surface area contributed by atoms with Crippen molar-refractivity contribution in [3.63, 3.8) is 0 Å². The van der Waals surface area contributed by atoms with Crippen LogP contribution < -0.4 is 0 Å². The van der Waals surface area contributed by atoms with Crippen LogP contribution in [-0.4, -0.2) is 11.7 Å². The number of rotatable bonds is 6. The van der Waals surface area contributed by atoms with Gasteiger partial charge in [0.1, 0.15) is 5.75 Å². The van der Waals surface area contributed by atoms with E-state index in [0.717, 1.165) is 38.9 Å². The van der Waals surface area contributed by atoms with E-state index in [0.29, 0.717) is 12.4 Å². The van der Waals surface area contributed by atoms with E-state index < -0.39 is 5.85 Å². The molecule has 1 N–H and O–H groups in total. The average molecular weight is 463 g/mol. The van der Waals surface area contributed by atoms with Gasteiger partial charge in [0.05, 0.1) is 0 Å². The van der Waals surface area contributed by atoms with E-state index in [2.05, 4.69) is 41.5 Å². The third-order valence-corrected chi connectivity index (χ3v) is 6.40. The molecule has 0 bridgehead atoms. The van der Waals surface area contributed by atoms with Gasteiger partial charge >= 0.3 is 0 Å². The third-order valence-electron chi connectivity index (χ3n) is 5.80. The molecule has 0 spiro atoms. The summed E-state index contributed by atoms with van der Waals surface area (Å²) in [6, 6.07) is 20.1. The van der Waals surface area contributed by atoms with Gasteiger partial charge in [-0.3, -0.25) is 4.57 Å². The van der Waals surface area contributed by atoms with E-state index >= 15 is 0 Å². The second-order valence-electron chi connectivity index (χ2n) is 10.4. The van der Waals surface area contributed by atoms with Gasteiger partial charge < -0.3 is 9.84 Å². The van der Waals surface area contributed by atoms with E-state index in [1.165, 1.54) is 0 Å². The lowest BCUT2D eigenvalue weighted by Crippen LogP contribution is -2.22. The van der Waals surface area contributed by atoms with Gasteiger partial charge in [0.15, 0.2) is 14.3 Å². The lowest BCUT2D eigenvalue weighted by molar-refractivity contribution is 0.122. The lowest BCUT2D eigenvalue weighted by Gasteiger charge is -2.35. The van der Waals surface area contributed by atoms with Gasteiger partial charge in [-0.05, 0) is 40.0 Å². The molecule has 0 radical (unpaired) electrons. The highest BCUT2D eigenvalue weighted by Crippen LogP contribution is 2.55. The Hall–Kier alpha value is -2.48. The van der Waals surface area contributed by atoms with Crippen LogP contribution in [0.5, 0.6) is 5.75 Å². The van der Waals surface area contributed by atoms with Crippen LogP contribution in [-0.2, 0) is 20.1 Å². The van der Waals surface area contributed by atoms with E-state index in [1.54, 1.807) is 0 Å². The Morgan fingerprint density at radius 1 is 0.788 bits per heavy atom. The zero-order valence-corrected chi connectivity index (χ0v) is 21.7. The summed E-state index contributed by atoms with van der Waals surface area (Å²) in [7, 11) is -0.113. The van der Waals surface area contributed by atoms with Gasteiger partial charge in [-0.2, -0.15) is 0 Å². The molecule has 0 aliphatic rings. The molecule has 3 aromatic rings. The summed E-state index contributed by atoms with van der Waals surface area (Å²) in [5.74, 6) is -0.363. The Morgan fingerprint density at radius 3 is 1.48 bits per heavy atom. The highest BCUT2D eigenvalue weighted by atomic mass is 31.1. The number of aromatic hydroxyl groups is 1. The summed E-state index contributed by atoms with van der Waals surface area (Å²) < 4.78 is 18.6. The molecule has 0 amide bonds. The molecule has 3 nitrogen and oxygen atoms in total. The molecular weight excluding hydrogens is 427 g/mol. The number of phenolic OH excluding ortho intramolecular Hbond substituents is 1. The number of hydrogen-bond acceptors (Lipinski definition) is 3. The van der Waals surface area contributed by atoms with Gasteiger partial charge in [-0.1, -0.05) is 102 Å². The molecule has 174 valence electrons. The maximum atomic E-state index is 12.6. The van der Waals surface area contributed by atoms with Crippen molar-refractivity contribution < 1.29 is 14.4 Å². The first-order valence-electron chi connectivity index (χ1n) is 11.5. The third kappa shape index (κ3) is 5.05. The Labute approximate surface area is 200 Å². The maximum Gasteiger partial charge on any atom is 0.192 e. The van der Waals surface area contributed by atoms with Crippen LogP contribution in [0.4, 0.5) is 0 Å². The summed E-state index contributed by atoms with van der Waals surface area (Å²) >= 11 is 0. The molecule has 0 saturated heterocycles. The van der Waals surface area contributed by atoms with E-state index in [4.69, 9.17) is 4.74 Å². The number of ether oxygens (including phenoxy) is 1. The van der Waals surface area contributed by atoms with Gasteiger partial charge in [-0.25, -0.2) is 0 Å². The van der Waals surface area contributed by atoms with Crippen LogP contribution >= 0.6 is 8.46 Å². The first-order valence-corrected chi connectivity index (χ1v) is 12.4. The molecule has 3 aromatic carbocycles. The topological polar surface area (TPSA) is 46.5 Å². The monoisotopic (exact) mass is 462 g/mol. The minimum atomic E-state index is -0.664. The van der Waals surface area contributed by atoms with Crippen molar-refractivity contribution in [3.8, 4) is 28.0 Å². The standard InChI is InChI=1S/C29H35O3P/c1-8-32-27(33-31)23-21(19-15-11-9-12-16-19)24(28(2,3)4)26(30)25(29(5,6)7)22(23)20-17-13-10-14-18-20/h9-18,27,30H,8H2,1-7H3. The van der Waals surface area contributed by atoms with Crippen molar-refractivity contribution in [2.75, 3.05) is 6.61 Å². The fourth-order valence-electron chi connectivity index (χ4n) is 4.60. The molecule has 3 rings (SSSR count). The molecule has 0 fully saturated rings. The smallest absolute Gasteiger partial charge is 0.192 e. The van der Waals surface area contributed by atoms with Gasteiger partial charge in [0.25, 0.3) is 0 Å². The first kappa shape index (κ1) is 25.1. The van der Waals surface area contributed by atoms with Crippen molar-refractivity contribution in [1.29, 1.82) is 0 Å². The number of phenols is 1. The molecule has 0 saturated carbocycles. The van der Waals surface area contributed by atoms with Crippen molar-refractivity contribution in [2.24, 2.45) is 0 Å². The Morgan fingerprint density at radius 2 is 1.18 bits per heavy atom. The average Bonchev–Trinajstić information content (AvgIpc) is 2.76. The van der Waals surface area contributed by atoms with Gasteiger partial charge in [0, 0.05) is 23.3 Å². The summed E-state index contributed by atoms with van der Waals surface area (Å²) in [6.45, 7) is 15.0. The molecule has 0 aliphatic heterocycles. The van der Waals surface area contributed by atoms with Crippen LogP contribution in [0.25, 0.3) is 22.3 Å². The summed E-state index contributed by atoms with van der Waals surface area (Å²) in [5.41, 5.74) is 5.56. The molecule has 4 heteroatoms.